The van der Waals surface area contributed by atoms with Crippen LogP contribution in [0, 0.1) is 5.92 Å². The molecule has 3 heteroatoms. The Morgan fingerprint density at radius 1 is 1.38 bits per heavy atom. The van der Waals surface area contributed by atoms with Gasteiger partial charge in [0.2, 0.25) is 5.91 Å². The van der Waals surface area contributed by atoms with Gasteiger partial charge in [-0.2, -0.15) is 0 Å². The number of hydrogen-bond acceptors (Lipinski definition) is 2. The zero-order chi connectivity index (χ0) is 9.42. The van der Waals surface area contributed by atoms with Crippen molar-refractivity contribution in [2.24, 2.45) is 11.7 Å². The molecule has 2 N–H and O–H groups in total. The second kappa shape index (κ2) is 3.29. The van der Waals surface area contributed by atoms with Crippen LogP contribution in [0.3, 0.4) is 0 Å². The zero-order valence-corrected chi connectivity index (χ0v) is 8.20. The predicted octanol–water partition coefficient (Wildman–Crippen LogP) is 0.735. The topological polar surface area (TPSA) is 46.3 Å². The van der Waals surface area contributed by atoms with Gasteiger partial charge in [0.1, 0.15) is 0 Å². The van der Waals surface area contributed by atoms with Crippen molar-refractivity contribution in [1.82, 2.24) is 4.90 Å². The van der Waals surface area contributed by atoms with Gasteiger partial charge in [0.25, 0.3) is 0 Å². The van der Waals surface area contributed by atoms with Crippen molar-refractivity contribution in [2.45, 2.75) is 44.2 Å². The first kappa shape index (κ1) is 9.00. The molecular weight excluding hydrogens is 164 g/mol. The highest BCUT2D eigenvalue weighted by Gasteiger charge is 2.41. The fourth-order valence-corrected chi connectivity index (χ4v) is 3.00. The van der Waals surface area contributed by atoms with E-state index in [1.54, 1.807) is 0 Å². The average molecular weight is 182 g/mol. The van der Waals surface area contributed by atoms with Crippen molar-refractivity contribution in [2.75, 3.05) is 7.05 Å². The van der Waals surface area contributed by atoms with E-state index in [4.69, 9.17) is 5.73 Å². The number of nitrogens with zero attached hydrogens (tertiary/aromatic N) is 1. The van der Waals surface area contributed by atoms with Crippen LogP contribution in [0.15, 0.2) is 0 Å². The molecule has 13 heavy (non-hydrogen) atoms. The first-order valence-electron chi connectivity index (χ1n) is 5.21. The molecule has 3 unspecified atom stereocenters. The SMILES string of the molecule is CN1C(C(N)=O)CC2CCCCC21. The average Bonchev–Trinajstić information content (AvgIpc) is 2.45. The predicted molar refractivity (Wildman–Crippen MR) is 51.1 cm³/mol. The highest BCUT2D eigenvalue weighted by molar-refractivity contribution is 5.80. The minimum Gasteiger partial charge on any atom is -0.368 e. The van der Waals surface area contributed by atoms with E-state index in [-0.39, 0.29) is 11.9 Å². The summed E-state index contributed by atoms with van der Waals surface area (Å²) in [6.45, 7) is 0. The zero-order valence-electron chi connectivity index (χ0n) is 8.20. The number of fused-ring (bicyclic) bond motifs is 1. The van der Waals surface area contributed by atoms with Crippen LogP contribution < -0.4 is 5.73 Å². The number of carbonyl (C=O) groups is 1. The molecule has 1 aliphatic heterocycles. The summed E-state index contributed by atoms with van der Waals surface area (Å²) < 4.78 is 0. The third-order valence-corrected chi connectivity index (χ3v) is 3.74. The third kappa shape index (κ3) is 1.46. The van der Waals surface area contributed by atoms with Gasteiger partial charge in [0.05, 0.1) is 6.04 Å². The van der Waals surface area contributed by atoms with Crippen LogP contribution in [0.2, 0.25) is 0 Å². The molecule has 2 rings (SSSR count). The molecule has 1 saturated heterocycles. The van der Waals surface area contributed by atoms with Crippen molar-refractivity contribution in [3.63, 3.8) is 0 Å². The summed E-state index contributed by atoms with van der Waals surface area (Å²) in [6.07, 6.45) is 6.19. The summed E-state index contributed by atoms with van der Waals surface area (Å²) in [6, 6.07) is 0.638. The smallest absolute Gasteiger partial charge is 0.234 e. The van der Waals surface area contributed by atoms with E-state index in [1.165, 1.54) is 25.7 Å². The summed E-state index contributed by atoms with van der Waals surface area (Å²) in [5.41, 5.74) is 5.36. The molecule has 0 bridgehead atoms. The molecule has 0 aromatic rings. The van der Waals surface area contributed by atoms with Crippen LogP contribution in [-0.4, -0.2) is 29.9 Å². The molecule has 3 atom stereocenters. The maximum atomic E-state index is 11.1. The van der Waals surface area contributed by atoms with Gasteiger partial charge >= 0.3 is 0 Å². The van der Waals surface area contributed by atoms with Crippen LogP contribution in [0.25, 0.3) is 0 Å². The van der Waals surface area contributed by atoms with Gasteiger partial charge in [0.15, 0.2) is 0 Å². The van der Waals surface area contributed by atoms with Gasteiger partial charge in [-0.05, 0) is 32.2 Å². The Kier molecular flexibility index (Phi) is 2.28. The quantitative estimate of drug-likeness (QED) is 0.650. The lowest BCUT2D eigenvalue weighted by Crippen LogP contribution is -2.41. The maximum Gasteiger partial charge on any atom is 0.234 e. The first-order valence-corrected chi connectivity index (χ1v) is 5.21. The standard InChI is InChI=1S/C10H18N2O/c1-12-8-5-3-2-4-7(8)6-9(12)10(11)13/h7-9H,2-6H2,1H3,(H2,11,13). The lowest BCUT2D eigenvalue weighted by molar-refractivity contribution is -0.122. The van der Waals surface area contributed by atoms with Crippen molar-refractivity contribution in [3.05, 3.63) is 0 Å². The monoisotopic (exact) mass is 182 g/mol. The van der Waals surface area contributed by atoms with Crippen LogP contribution in [0.1, 0.15) is 32.1 Å². The second-order valence-corrected chi connectivity index (χ2v) is 4.43. The van der Waals surface area contributed by atoms with E-state index >= 15 is 0 Å². The molecule has 1 amide bonds. The van der Waals surface area contributed by atoms with Gasteiger partial charge in [-0.15, -0.1) is 0 Å². The summed E-state index contributed by atoms with van der Waals surface area (Å²) in [4.78, 5) is 13.3. The molecule has 2 fully saturated rings. The van der Waals surface area contributed by atoms with Gasteiger partial charge in [-0.25, -0.2) is 0 Å². The molecule has 74 valence electrons. The van der Waals surface area contributed by atoms with E-state index in [2.05, 4.69) is 4.90 Å². The van der Waals surface area contributed by atoms with Crippen LogP contribution >= 0.6 is 0 Å². The summed E-state index contributed by atoms with van der Waals surface area (Å²) in [5.74, 6) is 0.591. The molecule has 0 spiro atoms. The molecule has 1 aliphatic carbocycles. The molecule has 1 saturated carbocycles. The number of nitrogens with two attached hydrogens (primary N) is 1. The number of likely N-dealkylation sites (N-methyl/N-ethyl adjacent to an activating group) is 1. The van der Waals surface area contributed by atoms with E-state index in [0.717, 1.165) is 12.3 Å². The van der Waals surface area contributed by atoms with Gasteiger partial charge in [-0.1, -0.05) is 12.8 Å². The number of primary amides is 1. The van der Waals surface area contributed by atoms with Gasteiger partial charge in [-0.3, -0.25) is 9.69 Å². The Bertz CT molecular complexity index is 217. The second-order valence-electron chi connectivity index (χ2n) is 4.43. The number of amides is 1. The van der Waals surface area contributed by atoms with E-state index in [9.17, 15) is 4.79 Å². The van der Waals surface area contributed by atoms with Crippen LogP contribution in [-0.2, 0) is 4.79 Å². The number of rotatable bonds is 1. The maximum absolute atomic E-state index is 11.1. The molecule has 2 aliphatic rings. The Morgan fingerprint density at radius 3 is 2.69 bits per heavy atom. The van der Waals surface area contributed by atoms with Crippen molar-refractivity contribution in [3.8, 4) is 0 Å². The number of likely N-dealkylation sites (tertiary alicyclic amines) is 1. The molecule has 0 radical (unpaired) electrons. The van der Waals surface area contributed by atoms with E-state index < -0.39 is 0 Å². The molecule has 1 heterocycles. The van der Waals surface area contributed by atoms with E-state index in [0.29, 0.717) is 6.04 Å². The minimum atomic E-state index is -0.142. The third-order valence-electron chi connectivity index (χ3n) is 3.74. The molecule has 0 aromatic carbocycles. The lowest BCUT2D eigenvalue weighted by Gasteiger charge is -2.29. The molecule has 3 nitrogen and oxygen atoms in total. The van der Waals surface area contributed by atoms with Crippen molar-refractivity contribution >= 4 is 5.91 Å². The fourth-order valence-electron chi connectivity index (χ4n) is 3.00. The Hall–Kier alpha value is -0.570. The van der Waals surface area contributed by atoms with Crippen LogP contribution in [0.5, 0.6) is 0 Å². The highest BCUT2D eigenvalue weighted by Crippen LogP contribution is 2.38. The fraction of sp³-hybridized carbons (Fsp3) is 0.900. The van der Waals surface area contributed by atoms with Gasteiger partial charge in [0, 0.05) is 6.04 Å². The number of carbonyl (C=O) groups excluding carboxylic acids is 1. The Balaban J connectivity index is 2.09. The summed E-state index contributed by atoms with van der Waals surface area (Å²) in [5, 5.41) is 0. The highest BCUT2D eigenvalue weighted by atomic mass is 16.1. The lowest BCUT2D eigenvalue weighted by atomic mass is 9.85. The largest absolute Gasteiger partial charge is 0.368 e. The molecular formula is C10H18N2O. The van der Waals surface area contributed by atoms with Crippen LogP contribution in [0.4, 0.5) is 0 Å². The Morgan fingerprint density at radius 2 is 2.08 bits per heavy atom. The normalized spacial score (nSPS) is 40.2. The Labute approximate surface area is 79.3 Å². The van der Waals surface area contributed by atoms with Crippen molar-refractivity contribution < 1.29 is 4.79 Å². The molecule has 0 aromatic heterocycles. The van der Waals surface area contributed by atoms with Crippen molar-refractivity contribution in [1.29, 1.82) is 0 Å². The summed E-state index contributed by atoms with van der Waals surface area (Å²) >= 11 is 0. The summed E-state index contributed by atoms with van der Waals surface area (Å²) in [7, 11) is 2.05. The first-order chi connectivity index (χ1) is 6.20. The minimum absolute atomic E-state index is 0.00750. The number of hydrogen-bond donors (Lipinski definition) is 1. The van der Waals surface area contributed by atoms with E-state index in [1.807, 2.05) is 7.05 Å². The van der Waals surface area contributed by atoms with Gasteiger partial charge < -0.3 is 5.73 Å².